The van der Waals surface area contributed by atoms with Crippen LogP contribution in [0.5, 0.6) is 0 Å². The van der Waals surface area contributed by atoms with Crippen LogP contribution in [-0.2, 0) is 17.8 Å². The van der Waals surface area contributed by atoms with E-state index in [2.05, 4.69) is 70.9 Å². The first kappa shape index (κ1) is 18.7. The number of nitrogens with zero attached hydrogens (tertiary/aromatic N) is 2. The Bertz CT molecular complexity index is 919. The van der Waals surface area contributed by atoms with Crippen molar-refractivity contribution in [1.29, 1.82) is 0 Å². The maximum atomic E-state index is 6.10. The second kappa shape index (κ2) is 9.05. The van der Waals surface area contributed by atoms with Gasteiger partial charge in [0.15, 0.2) is 0 Å². The molecule has 0 amide bonds. The summed E-state index contributed by atoms with van der Waals surface area (Å²) in [5.74, 6) is 5.84. The third-order valence-electron chi connectivity index (χ3n) is 4.02. The van der Waals surface area contributed by atoms with E-state index in [0.717, 1.165) is 22.3 Å². The summed E-state index contributed by atoms with van der Waals surface area (Å²) in [6.45, 7) is 5.93. The van der Waals surface area contributed by atoms with E-state index in [1.807, 2.05) is 19.1 Å². The maximum absolute atomic E-state index is 6.10. The summed E-state index contributed by atoms with van der Waals surface area (Å²) in [7, 11) is 0. The van der Waals surface area contributed by atoms with Gasteiger partial charge in [0.05, 0.1) is 4.34 Å². The molecular formula is C21H22ClN2OS+. The van der Waals surface area contributed by atoms with Gasteiger partial charge in [0.2, 0.25) is 6.33 Å². The highest BCUT2D eigenvalue weighted by molar-refractivity contribution is 7.16. The number of ether oxygens (including phenoxy) is 1. The van der Waals surface area contributed by atoms with Crippen molar-refractivity contribution in [1.82, 2.24) is 4.57 Å². The van der Waals surface area contributed by atoms with Crippen molar-refractivity contribution in [2.24, 2.45) is 0 Å². The number of hydrogen-bond donors (Lipinski definition) is 0. The molecule has 3 nitrogen and oxygen atoms in total. The highest BCUT2D eigenvalue weighted by atomic mass is 35.5. The molecule has 0 fully saturated rings. The molecule has 1 atom stereocenters. The number of imidazole rings is 1. The van der Waals surface area contributed by atoms with Crippen LogP contribution in [0.1, 0.15) is 29.0 Å². The Labute approximate surface area is 163 Å². The molecule has 0 radical (unpaired) electrons. The molecule has 2 aromatic heterocycles. The van der Waals surface area contributed by atoms with Gasteiger partial charge in [0, 0.05) is 4.88 Å². The molecule has 3 rings (SSSR count). The molecule has 0 bridgehead atoms. The third-order valence-corrected chi connectivity index (χ3v) is 5.34. The Kier molecular flexibility index (Phi) is 6.51. The van der Waals surface area contributed by atoms with Crippen molar-refractivity contribution >= 4 is 22.9 Å². The number of benzene rings is 1. The minimum absolute atomic E-state index is 0.0619. The zero-order valence-electron chi connectivity index (χ0n) is 15.0. The van der Waals surface area contributed by atoms with Crippen molar-refractivity contribution in [3.63, 3.8) is 0 Å². The van der Waals surface area contributed by atoms with E-state index in [1.165, 1.54) is 11.1 Å². The van der Waals surface area contributed by atoms with Crippen LogP contribution in [0.2, 0.25) is 4.34 Å². The fourth-order valence-electron chi connectivity index (χ4n) is 2.79. The topological polar surface area (TPSA) is 18.0 Å². The highest BCUT2D eigenvalue weighted by Crippen LogP contribution is 2.30. The van der Waals surface area contributed by atoms with E-state index in [9.17, 15) is 0 Å². The molecule has 0 aliphatic carbocycles. The van der Waals surface area contributed by atoms with Crippen molar-refractivity contribution < 1.29 is 9.30 Å². The van der Waals surface area contributed by atoms with E-state index in [0.29, 0.717) is 6.61 Å². The summed E-state index contributed by atoms with van der Waals surface area (Å²) < 4.78 is 11.1. The minimum atomic E-state index is -0.0619. The first-order valence-electron chi connectivity index (χ1n) is 8.51. The summed E-state index contributed by atoms with van der Waals surface area (Å²) in [6.07, 6.45) is 6.21. The van der Waals surface area contributed by atoms with E-state index in [4.69, 9.17) is 16.3 Å². The van der Waals surface area contributed by atoms with Crippen molar-refractivity contribution in [3.8, 4) is 11.8 Å². The molecule has 1 aromatic carbocycles. The summed E-state index contributed by atoms with van der Waals surface area (Å²) in [4.78, 5) is 1.12. The predicted molar refractivity (Wildman–Crippen MR) is 106 cm³/mol. The van der Waals surface area contributed by atoms with Crippen LogP contribution >= 0.6 is 22.9 Å². The Morgan fingerprint density at radius 2 is 2.19 bits per heavy atom. The van der Waals surface area contributed by atoms with Gasteiger partial charge in [-0.1, -0.05) is 47.4 Å². The first-order chi connectivity index (χ1) is 12.6. The van der Waals surface area contributed by atoms with Crippen LogP contribution < -0.4 is 4.57 Å². The molecule has 0 spiro atoms. The fraction of sp³-hybridized carbons (Fsp3) is 0.286. The van der Waals surface area contributed by atoms with E-state index in [1.54, 1.807) is 11.3 Å². The molecule has 2 heterocycles. The number of aromatic nitrogens is 2. The van der Waals surface area contributed by atoms with Gasteiger partial charge in [0.25, 0.3) is 0 Å². The summed E-state index contributed by atoms with van der Waals surface area (Å²) in [5, 5.41) is 0. The van der Waals surface area contributed by atoms with E-state index >= 15 is 0 Å². The smallest absolute Gasteiger partial charge is 0.244 e. The van der Waals surface area contributed by atoms with Crippen molar-refractivity contribution in [2.45, 2.75) is 33.0 Å². The second-order valence-corrected chi connectivity index (χ2v) is 7.89. The molecular weight excluding hydrogens is 364 g/mol. The van der Waals surface area contributed by atoms with Crippen molar-refractivity contribution in [3.05, 3.63) is 75.5 Å². The third kappa shape index (κ3) is 5.22. The van der Waals surface area contributed by atoms with Gasteiger partial charge < -0.3 is 4.74 Å². The molecule has 0 aliphatic rings. The Morgan fingerprint density at radius 1 is 1.31 bits per heavy atom. The largest absolute Gasteiger partial charge is 0.356 e. The van der Waals surface area contributed by atoms with Crippen LogP contribution in [-0.4, -0.2) is 11.2 Å². The molecule has 5 heteroatoms. The summed E-state index contributed by atoms with van der Waals surface area (Å²) in [6, 6.07) is 12.5. The second-order valence-electron chi connectivity index (χ2n) is 6.14. The van der Waals surface area contributed by atoms with Gasteiger partial charge in [-0.15, -0.1) is 17.3 Å². The maximum Gasteiger partial charge on any atom is 0.244 e. The average Bonchev–Trinajstić information content (AvgIpc) is 3.23. The molecule has 3 aromatic rings. The van der Waals surface area contributed by atoms with Gasteiger partial charge in [-0.3, -0.25) is 0 Å². The number of halogens is 1. The molecule has 0 N–H and O–H groups in total. The number of hydrogen-bond acceptors (Lipinski definition) is 2. The quantitative estimate of drug-likeness (QED) is 0.428. The Morgan fingerprint density at radius 3 is 2.92 bits per heavy atom. The highest BCUT2D eigenvalue weighted by Gasteiger charge is 2.18. The summed E-state index contributed by atoms with van der Waals surface area (Å²) in [5.41, 5.74) is 2.58. The van der Waals surface area contributed by atoms with Gasteiger partial charge in [-0.25, -0.2) is 9.13 Å². The SMILES string of the molecule is CC#CCOC(Cn1cc[n+](Cc2cccc(C)c2)c1)c1ccc(Cl)s1. The zero-order chi connectivity index (χ0) is 18.4. The Balaban J connectivity index is 1.70. The first-order valence-corrected chi connectivity index (χ1v) is 9.70. The van der Waals surface area contributed by atoms with Crippen LogP contribution in [0.3, 0.4) is 0 Å². The van der Waals surface area contributed by atoms with E-state index in [-0.39, 0.29) is 6.10 Å². The van der Waals surface area contributed by atoms with Gasteiger partial charge in [0.1, 0.15) is 38.2 Å². The normalized spacial score (nSPS) is 11.8. The van der Waals surface area contributed by atoms with Gasteiger partial charge in [-0.05, 0) is 31.5 Å². The molecule has 26 heavy (non-hydrogen) atoms. The lowest BCUT2D eigenvalue weighted by Gasteiger charge is -2.12. The number of rotatable bonds is 7. The van der Waals surface area contributed by atoms with Crippen LogP contribution in [0, 0.1) is 18.8 Å². The molecule has 0 saturated heterocycles. The van der Waals surface area contributed by atoms with Crippen LogP contribution in [0.25, 0.3) is 0 Å². The van der Waals surface area contributed by atoms with Crippen molar-refractivity contribution in [2.75, 3.05) is 6.61 Å². The van der Waals surface area contributed by atoms with Crippen LogP contribution in [0.4, 0.5) is 0 Å². The lowest BCUT2D eigenvalue weighted by Crippen LogP contribution is -2.31. The standard InChI is InChI=1S/C21H22ClN2OS/c1-3-4-12-25-19(20-8-9-21(22)26-20)15-24-11-10-23(16-24)14-18-7-5-6-17(2)13-18/h5-11,13,16,19H,12,14-15H2,1-2H3/q+1. The zero-order valence-corrected chi connectivity index (χ0v) is 16.6. The molecule has 134 valence electrons. The monoisotopic (exact) mass is 385 g/mol. The minimum Gasteiger partial charge on any atom is -0.356 e. The fourth-order valence-corrected chi connectivity index (χ4v) is 3.90. The average molecular weight is 386 g/mol. The predicted octanol–water partition coefficient (Wildman–Crippen LogP) is 4.63. The van der Waals surface area contributed by atoms with Gasteiger partial charge >= 0.3 is 0 Å². The lowest BCUT2D eigenvalue weighted by molar-refractivity contribution is -0.687. The number of aryl methyl sites for hydroxylation is 1. The summed E-state index contributed by atoms with van der Waals surface area (Å²) >= 11 is 7.66. The molecule has 0 saturated carbocycles. The van der Waals surface area contributed by atoms with Crippen LogP contribution in [0.15, 0.2) is 55.1 Å². The molecule has 1 unspecified atom stereocenters. The number of thiophene rings is 1. The van der Waals surface area contributed by atoms with E-state index < -0.39 is 0 Å². The van der Waals surface area contributed by atoms with Gasteiger partial charge in [-0.2, -0.15) is 0 Å². The Hall–Kier alpha value is -2.06. The lowest BCUT2D eigenvalue weighted by atomic mass is 10.1. The molecule has 0 aliphatic heterocycles.